The molecule has 166 valence electrons. The van der Waals surface area contributed by atoms with Crippen molar-refractivity contribution in [3.8, 4) is 5.75 Å². The Balaban J connectivity index is 0.00000420. The van der Waals surface area contributed by atoms with Crippen molar-refractivity contribution in [3.63, 3.8) is 0 Å². The van der Waals surface area contributed by atoms with Crippen LogP contribution in [0.25, 0.3) is 0 Å². The zero-order valence-corrected chi connectivity index (χ0v) is 19.7. The van der Waals surface area contributed by atoms with Crippen LogP contribution in [0.3, 0.4) is 0 Å². The van der Waals surface area contributed by atoms with Gasteiger partial charge in [0.05, 0.1) is 7.11 Å². The monoisotopic (exact) mass is 570 g/mol. The third-order valence-electron chi connectivity index (χ3n) is 4.35. The van der Waals surface area contributed by atoms with Gasteiger partial charge in [-0.1, -0.05) is 17.7 Å². The highest BCUT2D eigenvalue weighted by Gasteiger charge is 2.50. The molecule has 1 aromatic rings. The average molecular weight is 571 g/mol. The van der Waals surface area contributed by atoms with E-state index < -0.39 is 15.5 Å². The molecule has 7 nitrogen and oxygen atoms in total. The Morgan fingerprint density at radius 1 is 1.34 bits per heavy atom. The molecule has 29 heavy (non-hydrogen) atoms. The lowest BCUT2D eigenvalue weighted by Crippen LogP contribution is -2.51. The maximum absolute atomic E-state index is 12.6. The smallest absolute Gasteiger partial charge is 0.496 e. The zero-order valence-electron chi connectivity index (χ0n) is 15.8. The van der Waals surface area contributed by atoms with E-state index in [1.807, 2.05) is 6.07 Å². The van der Waals surface area contributed by atoms with Crippen LogP contribution < -0.4 is 15.4 Å². The van der Waals surface area contributed by atoms with Gasteiger partial charge in [-0.05, 0) is 25.0 Å². The maximum Gasteiger partial charge on any atom is 0.511 e. The molecule has 0 aromatic heterocycles. The van der Waals surface area contributed by atoms with Gasteiger partial charge in [-0.2, -0.15) is 17.5 Å². The SMILES string of the molecule is CN=C(NCc1ccc(Cl)cc1OC)NC1CCN(S(=O)(=O)C(F)(F)F)CC1.I. The van der Waals surface area contributed by atoms with Crippen LogP contribution in [0.1, 0.15) is 18.4 Å². The van der Waals surface area contributed by atoms with E-state index in [2.05, 4.69) is 15.6 Å². The molecule has 1 aliphatic rings. The number of methoxy groups -OCH3 is 1. The van der Waals surface area contributed by atoms with E-state index in [0.29, 0.717) is 27.6 Å². The molecule has 2 N–H and O–H groups in total. The average Bonchev–Trinajstić information content (AvgIpc) is 2.65. The molecule has 1 aliphatic heterocycles. The lowest BCUT2D eigenvalue weighted by molar-refractivity contribution is -0.0494. The Bertz CT molecular complexity index is 816. The fourth-order valence-corrected chi connectivity index (χ4v) is 3.96. The quantitative estimate of drug-likeness (QED) is 0.323. The molecule has 1 heterocycles. The summed E-state index contributed by atoms with van der Waals surface area (Å²) >= 11 is 5.93. The van der Waals surface area contributed by atoms with Gasteiger partial charge >= 0.3 is 15.5 Å². The fourth-order valence-electron chi connectivity index (χ4n) is 2.82. The lowest BCUT2D eigenvalue weighted by Gasteiger charge is -2.32. The molecule has 1 fully saturated rings. The third kappa shape index (κ3) is 6.76. The first-order valence-electron chi connectivity index (χ1n) is 8.44. The molecular weight excluding hydrogens is 548 g/mol. The maximum atomic E-state index is 12.6. The van der Waals surface area contributed by atoms with E-state index in [-0.39, 0.29) is 55.9 Å². The minimum Gasteiger partial charge on any atom is -0.496 e. The van der Waals surface area contributed by atoms with Crippen LogP contribution >= 0.6 is 35.6 Å². The van der Waals surface area contributed by atoms with Gasteiger partial charge in [0.25, 0.3) is 0 Å². The molecule has 0 atom stereocenters. The minimum atomic E-state index is -5.28. The molecule has 1 saturated heterocycles. The number of alkyl halides is 3. The second-order valence-corrected chi connectivity index (χ2v) is 8.52. The normalized spacial score (nSPS) is 16.8. The van der Waals surface area contributed by atoms with Gasteiger partial charge in [0.1, 0.15) is 5.75 Å². The van der Waals surface area contributed by atoms with E-state index >= 15 is 0 Å². The number of sulfonamides is 1. The topological polar surface area (TPSA) is 83.0 Å². The van der Waals surface area contributed by atoms with E-state index in [1.54, 1.807) is 19.2 Å². The Kier molecular flexibility index (Phi) is 9.76. The number of ether oxygens (including phenoxy) is 1. The number of benzene rings is 1. The standard InChI is InChI=1S/C16H22ClF3N4O3S.HI/c1-21-15(22-10-11-3-4-12(17)9-14(11)27-2)23-13-5-7-24(8-6-13)28(25,26)16(18,19)20;/h3-4,9,13H,5-8,10H2,1-2H3,(H2,21,22,23);1H. The van der Waals surface area contributed by atoms with Crippen molar-refractivity contribution in [1.29, 1.82) is 0 Å². The molecule has 0 spiro atoms. The zero-order chi connectivity index (χ0) is 20.9. The van der Waals surface area contributed by atoms with Gasteiger partial charge < -0.3 is 15.4 Å². The van der Waals surface area contributed by atoms with Gasteiger partial charge in [-0.25, -0.2) is 8.42 Å². The first kappa shape index (κ1) is 26.0. The van der Waals surface area contributed by atoms with E-state index in [1.165, 1.54) is 7.11 Å². The molecule has 1 aromatic carbocycles. The summed E-state index contributed by atoms with van der Waals surface area (Å²) in [6.07, 6.45) is 0.473. The second-order valence-electron chi connectivity index (χ2n) is 6.15. The van der Waals surface area contributed by atoms with Crippen molar-refractivity contribution in [1.82, 2.24) is 14.9 Å². The molecule has 0 aliphatic carbocycles. The summed E-state index contributed by atoms with van der Waals surface area (Å²) in [5.41, 5.74) is -4.43. The van der Waals surface area contributed by atoms with Crippen LogP contribution in [0.2, 0.25) is 5.02 Å². The van der Waals surface area contributed by atoms with Gasteiger partial charge in [0.2, 0.25) is 0 Å². The van der Waals surface area contributed by atoms with E-state index in [9.17, 15) is 21.6 Å². The molecule has 13 heteroatoms. The largest absolute Gasteiger partial charge is 0.511 e. The van der Waals surface area contributed by atoms with E-state index in [0.717, 1.165) is 5.56 Å². The molecule has 2 rings (SSSR count). The predicted molar refractivity (Wildman–Crippen MR) is 116 cm³/mol. The highest BCUT2D eigenvalue weighted by atomic mass is 127. The summed E-state index contributed by atoms with van der Waals surface area (Å²) in [5, 5.41) is 6.75. The number of hydrogen-bond donors (Lipinski definition) is 2. The van der Waals surface area contributed by atoms with Crippen molar-refractivity contribution >= 4 is 51.6 Å². The Labute approximate surface area is 190 Å². The van der Waals surface area contributed by atoms with E-state index in [4.69, 9.17) is 16.3 Å². The molecule has 0 amide bonds. The summed E-state index contributed by atoms with van der Waals surface area (Å²) in [6, 6.07) is 5.03. The van der Waals surface area contributed by atoms with Crippen LogP contribution in [0.15, 0.2) is 23.2 Å². The molecule has 0 radical (unpaired) electrons. The fraction of sp³-hybridized carbons (Fsp3) is 0.562. The van der Waals surface area contributed by atoms with Gasteiger partial charge in [0, 0.05) is 43.3 Å². The Morgan fingerprint density at radius 2 is 1.97 bits per heavy atom. The Morgan fingerprint density at radius 3 is 2.48 bits per heavy atom. The van der Waals surface area contributed by atoms with Crippen LogP contribution in [0, 0.1) is 0 Å². The number of nitrogens with zero attached hydrogens (tertiary/aromatic N) is 2. The molecule has 0 bridgehead atoms. The molecule has 0 saturated carbocycles. The van der Waals surface area contributed by atoms with Crippen LogP contribution in [-0.2, 0) is 16.6 Å². The summed E-state index contributed by atoms with van der Waals surface area (Å²) in [6.45, 7) is -0.0235. The number of piperidine rings is 1. The molecular formula is C16H23ClF3IN4O3S. The lowest BCUT2D eigenvalue weighted by atomic mass is 10.1. The summed E-state index contributed by atoms with van der Waals surface area (Å²) in [7, 11) is -2.18. The summed E-state index contributed by atoms with van der Waals surface area (Å²) in [4.78, 5) is 4.09. The van der Waals surface area contributed by atoms with Gasteiger partial charge in [-0.3, -0.25) is 4.99 Å². The summed E-state index contributed by atoms with van der Waals surface area (Å²) in [5.74, 6) is 1.07. The van der Waals surface area contributed by atoms with Crippen LogP contribution in [0.4, 0.5) is 13.2 Å². The third-order valence-corrected chi connectivity index (χ3v) is 6.21. The van der Waals surface area contributed by atoms with Gasteiger partial charge in [0.15, 0.2) is 5.96 Å². The Hall–Kier alpha value is -0.990. The predicted octanol–water partition coefficient (Wildman–Crippen LogP) is 2.95. The number of nitrogens with one attached hydrogen (secondary N) is 2. The van der Waals surface area contributed by atoms with Gasteiger partial charge in [-0.15, -0.1) is 24.0 Å². The van der Waals surface area contributed by atoms with Crippen LogP contribution in [-0.4, -0.2) is 57.5 Å². The van der Waals surface area contributed by atoms with Crippen molar-refractivity contribution in [2.45, 2.75) is 30.9 Å². The highest BCUT2D eigenvalue weighted by molar-refractivity contribution is 14.0. The van der Waals surface area contributed by atoms with Crippen molar-refractivity contribution < 1.29 is 26.3 Å². The van der Waals surface area contributed by atoms with Crippen LogP contribution in [0.5, 0.6) is 5.75 Å². The first-order valence-corrected chi connectivity index (χ1v) is 10.3. The minimum absolute atomic E-state index is 0. The van der Waals surface area contributed by atoms with Crippen molar-refractivity contribution in [2.75, 3.05) is 27.2 Å². The molecule has 0 unspecified atom stereocenters. The van der Waals surface area contributed by atoms with Crippen molar-refractivity contribution in [3.05, 3.63) is 28.8 Å². The van der Waals surface area contributed by atoms with Crippen molar-refractivity contribution in [2.24, 2.45) is 4.99 Å². The number of rotatable bonds is 5. The highest BCUT2D eigenvalue weighted by Crippen LogP contribution is 2.29. The second kappa shape index (κ2) is 10.9. The summed E-state index contributed by atoms with van der Waals surface area (Å²) < 4.78 is 66.6. The number of aliphatic imine (C=N–C) groups is 1. The number of halogens is 5. The number of guanidine groups is 1. The first-order chi connectivity index (χ1) is 13.1. The number of hydrogen-bond acceptors (Lipinski definition) is 4.